The monoisotopic (exact) mass is 156 g/mol. The van der Waals surface area contributed by atoms with Crippen LogP contribution in [0.4, 0.5) is 0 Å². The van der Waals surface area contributed by atoms with Crippen molar-refractivity contribution in [3.8, 4) is 0 Å². The van der Waals surface area contributed by atoms with Crippen molar-refractivity contribution < 1.29 is 9.90 Å². The second kappa shape index (κ2) is 3.00. The fraction of sp³-hybridized carbons (Fsp3) is 0.714. The summed E-state index contributed by atoms with van der Waals surface area (Å²) in [7, 11) is 0. The first kappa shape index (κ1) is 8.20. The number of hydrogen-bond donors (Lipinski definition) is 1. The zero-order valence-corrected chi connectivity index (χ0v) is 6.69. The molecule has 0 aliphatic carbocycles. The first-order valence-corrected chi connectivity index (χ1v) is 3.63. The lowest BCUT2D eigenvalue weighted by molar-refractivity contribution is -0.142. The van der Waals surface area contributed by atoms with Crippen LogP contribution in [-0.2, 0) is 4.79 Å². The highest BCUT2D eigenvalue weighted by Gasteiger charge is 2.26. The number of carbonyl (C=O) groups is 1. The van der Waals surface area contributed by atoms with Crippen molar-refractivity contribution in [1.82, 2.24) is 4.90 Å². The van der Waals surface area contributed by atoms with E-state index in [9.17, 15) is 4.79 Å². The first-order chi connectivity index (χ1) is 5.13. The molecule has 2 unspecified atom stereocenters. The van der Waals surface area contributed by atoms with Gasteiger partial charge in [-0.2, -0.15) is 0 Å². The number of rotatable bonds is 2. The normalized spacial score (nSPS) is 27.3. The fourth-order valence-electron chi connectivity index (χ4n) is 1.16. The van der Waals surface area contributed by atoms with Gasteiger partial charge in [0, 0.05) is 12.8 Å². The molecule has 11 heavy (non-hydrogen) atoms. The smallest absolute Gasteiger partial charge is 0.320 e. The van der Waals surface area contributed by atoms with Crippen molar-refractivity contribution in [3.63, 3.8) is 0 Å². The van der Waals surface area contributed by atoms with E-state index in [4.69, 9.17) is 5.11 Å². The minimum Gasteiger partial charge on any atom is -0.480 e. The summed E-state index contributed by atoms with van der Waals surface area (Å²) in [5, 5.41) is 8.66. The standard InChI is InChI=1S/C7H12N2O2/c1-5(7(10)11)9-4-3-8-6(9)2/h3,5-6H,4H2,1-2H3,(H,10,11). The molecule has 0 radical (unpaired) electrons. The minimum atomic E-state index is -0.789. The van der Waals surface area contributed by atoms with E-state index in [2.05, 4.69) is 4.99 Å². The number of aliphatic imine (C=N–C) groups is 1. The molecule has 0 aromatic heterocycles. The third-order valence-corrected chi connectivity index (χ3v) is 1.95. The summed E-state index contributed by atoms with van der Waals surface area (Å²) < 4.78 is 0. The van der Waals surface area contributed by atoms with Gasteiger partial charge in [-0.05, 0) is 13.8 Å². The lowest BCUT2D eigenvalue weighted by Crippen LogP contribution is -2.41. The Morgan fingerprint density at radius 3 is 2.91 bits per heavy atom. The number of aliphatic carboxylic acids is 1. The van der Waals surface area contributed by atoms with Crippen LogP contribution < -0.4 is 0 Å². The zero-order chi connectivity index (χ0) is 8.43. The lowest BCUT2D eigenvalue weighted by atomic mass is 10.3. The third kappa shape index (κ3) is 1.57. The molecule has 0 fully saturated rings. The van der Waals surface area contributed by atoms with Gasteiger partial charge in [0.1, 0.15) is 6.04 Å². The van der Waals surface area contributed by atoms with E-state index in [1.165, 1.54) is 0 Å². The molecule has 1 heterocycles. The van der Waals surface area contributed by atoms with Gasteiger partial charge in [-0.25, -0.2) is 0 Å². The Labute approximate surface area is 65.5 Å². The number of carboxylic acid groups (broad SMARTS) is 1. The van der Waals surface area contributed by atoms with E-state index in [0.29, 0.717) is 6.54 Å². The van der Waals surface area contributed by atoms with Crippen molar-refractivity contribution in [2.24, 2.45) is 4.99 Å². The van der Waals surface area contributed by atoms with Crippen LogP contribution in [-0.4, -0.2) is 40.9 Å². The molecular weight excluding hydrogens is 144 g/mol. The van der Waals surface area contributed by atoms with Crippen LogP contribution >= 0.6 is 0 Å². The van der Waals surface area contributed by atoms with E-state index in [-0.39, 0.29) is 6.17 Å². The Morgan fingerprint density at radius 1 is 1.91 bits per heavy atom. The quantitative estimate of drug-likeness (QED) is 0.621. The van der Waals surface area contributed by atoms with Gasteiger partial charge >= 0.3 is 5.97 Å². The Hall–Kier alpha value is -0.900. The highest BCUT2D eigenvalue weighted by atomic mass is 16.4. The summed E-state index contributed by atoms with van der Waals surface area (Å²) in [4.78, 5) is 16.4. The summed E-state index contributed by atoms with van der Waals surface area (Å²) in [5.41, 5.74) is 0. The summed E-state index contributed by atoms with van der Waals surface area (Å²) in [6.45, 7) is 4.21. The molecule has 4 nitrogen and oxygen atoms in total. The average Bonchev–Trinajstić information content (AvgIpc) is 2.33. The molecule has 0 saturated heterocycles. The molecule has 0 amide bonds. The summed E-state index contributed by atoms with van der Waals surface area (Å²) in [6.07, 6.45) is 1.77. The average molecular weight is 156 g/mol. The van der Waals surface area contributed by atoms with Gasteiger partial charge in [0.15, 0.2) is 0 Å². The Bertz CT molecular complexity index is 191. The SMILES string of the molecule is CC1N=CCN1C(C)C(=O)O. The Morgan fingerprint density at radius 2 is 2.55 bits per heavy atom. The highest BCUT2D eigenvalue weighted by Crippen LogP contribution is 2.10. The first-order valence-electron chi connectivity index (χ1n) is 3.63. The van der Waals surface area contributed by atoms with E-state index >= 15 is 0 Å². The van der Waals surface area contributed by atoms with Gasteiger partial charge < -0.3 is 5.11 Å². The van der Waals surface area contributed by atoms with Crippen LogP contribution in [0.15, 0.2) is 4.99 Å². The second-order valence-corrected chi connectivity index (χ2v) is 2.67. The minimum absolute atomic E-state index is 0.0149. The van der Waals surface area contributed by atoms with Crippen LogP contribution in [0.25, 0.3) is 0 Å². The maximum atomic E-state index is 10.5. The molecule has 0 aromatic carbocycles. The molecule has 2 atom stereocenters. The molecule has 0 spiro atoms. The van der Waals surface area contributed by atoms with Gasteiger partial charge in [-0.3, -0.25) is 14.7 Å². The summed E-state index contributed by atoms with van der Waals surface area (Å²) in [6, 6.07) is -0.438. The van der Waals surface area contributed by atoms with Crippen molar-refractivity contribution in [1.29, 1.82) is 0 Å². The molecule has 1 aliphatic rings. The summed E-state index contributed by atoms with van der Waals surface area (Å²) in [5.74, 6) is -0.789. The molecule has 0 aromatic rings. The molecule has 0 bridgehead atoms. The number of carboxylic acids is 1. The van der Waals surface area contributed by atoms with E-state index < -0.39 is 12.0 Å². The fourth-order valence-corrected chi connectivity index (χ4v) is 1.16. The van der Waals surface area contributed by atoms with Crippen molar-refractivity contribution >= 4 is 12.2 Å². The molecule has 4 heteroatoms. The third-order valence-electron chi connectivity index (χ3n) is 1.95. The van der Waals surface area contributed by atoms with Crippen LogP contribution in [0.2, 0.25) is 0 Å². The van der Waals surface area contributed by atoms with Gasteiger partial charge in [-0.1, -0.05) is 0 Å². The van der Waals surface area contributed by atoms with E-state index in [1.54, 1.807) is 13.1 Å². The number of nitrogens with zero attached hydrogens (tertiary/aromatic N) is 2. The Kier molecular flexibility index (Phi) is 2.24. The van der Waals surface area contributed by atoms with Gasteiger partial charge in [0.25, 0.3) is 0 Å². The van der Waals surface area contributed by atoms with Crippen molar-refractivity contribution in [3.05, 3.63) is 0 Å². The van der Waals surface area contributed by atoms with Crippen LogP contribution in [0, 0.1) is 0 Å². The van der Waals surface area contributed by atoms with Crippen molar-refractivity contribution in [2.45, 2.75) is 26.1 Å². The van der Waals surface area contributed by atoms with Crippen LogP contribution in [0.1, 0.15) is 13.8 Å². The predicted molar refractivity (Wildman–Crippen MR) is 41.8 cm³/mol. The predicted octanol–water partition coefficient (Wildman–Crippen LogP) is 0.192. The second-order valence-electron chi connectivity index (χ2n) is 2.67. The summed E-state index contributed by atoms with van der Waals surface area (Å²) >= 11 is 0. The molecule has 1 aliphatic heterocycles. The maximum Gasteiger partial charge on any atom is 0.320 e. The molecule has 0 saturated carbocycles. The van der Waals surface area contributed by atoms with Gasteiger partial charge in [-0.15, -0.1) is 0 Å². The Balaban J connectivity index is 2.55. The van der Waals surface area contributed by atoms with Crippen molar-refractivity contribution in [2.75, 3.05) is 6.54 Å². The highest BCUT2D eigenvalue weighted by molar-refractivity contribution is 5.74. The maximum absolute atomic E-state index is 10.5. The lowest BCUT2D eigenvalue weighted by Gasteiger charge is -2.23. The molecule has 62 valence electrons. The van der Waals surface area contributed by atoms with E-state index in [1.807, 2.05) is 11.8 Å². The van der Waals surface area contributed by atoms with Crippen LogP contribution in [0.5, 0.6) is 0 Å². The molecular formula is C7H12N2O2. The van der Waals surface area contributed by atoms with Gasteiger partial charge in [0.2, 0.25) is 0 Å². The van der Waals surface area contributed by atoms with E-state index in [0.717, 1.165) is 0 Å². The molecule has 1 N–H and O–H groups in total. The van der Waals surface area contributed by atoms with Crippen LogP contribution in [0.3, 0.4) is 0 Å². The zero-order valence-electron chi connectivity index (χ0n) is 6.69. The largest absolute Gasteiger partial charge is 0.480 e. The molecule has 1 rings (SSSR count). The van der Waals surface area contributed by atoms with Gasteiger partial charge in [0.05, 0.1) is 6.17 Å². The number of hydrogen-bond acceptors (Lipinski definition) is 3. The topological polar surface area (TPSA) is 52.9 Å².